The van der Waals surface area contributed by atoms with Gasteiger partial charge < -0.3 is 14.3 Å². The van der Waals surface area contributed by atoms with E-state index in [1.807, 2.05) is 26.0 Å². The zero-order chi connectivity index (χ0) is 18.7. The Morgan fingerprint density at radius 1 is 1.38 bits per heavy atom. The SMILES string of the molecule is CCOc1cccn2c(C(=O)C[C@@H](CO)c3nnc(CC)o3)c(C)nc12. The second kappa shape index (κ2) is 7.65. The van der Waals surface area contributed by atoms with Gasteiger partial charge in [0, 0.05) is 19.0 Å². The molecular weight excluding hydrogens is 336 g/mol. The standard InChI is InChI=1S/C18H22N4O4/c1-4-15-20-21-18(26-15)12(10-23)9-13(24)16-11(3)19-17-14(25-5-2)7-6-8-22(16)17/h6-8,12,23H,4-5,9-10H2,1-3H3/t12-/m0/s1. The number of imidazole rings is 1. The fourth-order valence-corrected chi connectivity index (χ4v) is 2.89. The molecule has 26 heavy (non-hydrogen) atoms. The molecule has 1 N–H and O–H groups in total. The number of aliphatic hydroxyl groups is 1. The van der Waals surface area contributed by atoms with E-state index >= 15 is 0 Å². The summed E-state index contributed by atoms with van der Waals surface area (Å²) in [6, 6.07) is 3.63. The third kappa shape index (κ3) is 3.32. The lowest BCUT2D eigenvalue weighted by Gasteiger charge is -2.10. The number of hydrogen-bond donors (Lipinski definition) is 1. The van der Waals surface area contributed by atoms with Crippen LogP contribution >= 0.6 is 0 Å². The van der Waals surface area contributed by atoms with Gasteiger partial charge in [0.15, 0.2) is 17.2 Å². The number of aliphatic hydroxyl groups excluding tert-OH is 1. The molecule has 0 fully saturated rings. The van der Waals surface area contributed by atoms with Crippen molar-refractivity contribution in [2.75, 3.05) is 13.2 Å². The summed E-state index contributed by atoms with van der Waals surface area (Å²) in [4.78, 5) is 17.4. The quantitative estimate of drug-likeness (QED) is 0.616. The molecule has 8 nitrogen and oxygen atoms in total. The Hall–Kier alpha value is -2.74. The first-order valence-electron chi connectivity index (χ1n) is 8.65. The van der Waals surface area contributed by atoms with Gasteiger partial charge in [-0.3, -0.25) is 9.20 Å². The summed E-state index contributed by atoms with van der Waals surface area (Å²) in [5.41, 5.74) is 1.68. The number of Topliss-reactive ketones (excluding diaryl/α,β-unsaturated/α-hetero) is 1. The molecule has 0 aliphatic heterocycles. The van der Waals surface area contributed by atoms with Gasteiger partial charge in [0.25, 0.3) is 0 Å². The van der Waals surface area contributed by atoms with Crippen molar-refractivity contribution in [2.45, 2.75) is 39.5 Å². The largest absolute Gasteiger partial charge is 0.490 e. The van der Waals surface area contributed by atoms with Crippen LogP contribution in [0, 0.1) is 6.92 Å². The van der Waals surface area contributed by atoms with Gasteiger partial charge in [-0.15, -0.1) is 10.2 Å². The van der Waals surface area contributed by atoms with Crippen molar-refractivity contribution in [2.24, 2.45) is 0 Å². The monoisotopic (exact) mass is 358 g/mol. The summed E-state index contributed by atoms with van der Waals surface area (Å²) in [5.74, 6) is 0.687. The summed E-state index contributed by atoms with van der Waals surface area (Å²) < 4.78 is 12.8. The van der Waals surface area contributed by atoms with Crippen LogP contribution in [0.4, 0.5) is 0 Å². The summed E-state index contributed by atoms with van der Waals surface area (Å²) >= 11 is 0. The molecule has 3 aromatic heterocycles. The first-order chi connectivity index (χ1) is 12.6. The number of carbonyl (C=O) groups is 1. The average Bonchev–Trinajstić information content (AvgIpc) is 3.24. The van der Waals surface area contributed by atoms with Crippen molar-refractivity contribution >= 4 is 11.4 Å². The molecule has 0 saturated heterocycles. The van der Waals surface area contributed by atoms with Crippen LogP contribution in [0.15, 0.2) is 22.7 Å². The number of hydrogen-bond acceptors (Lipinski definition) is 7. The molecule has 0 aromatic carbocycles. The van der Waals surface area contributed by atoms with Crippen molar-refractivity contribution < 1.29 is 19.1 Å². The third-order valence-corrected chi connectivity index (χ3v) is 4.14. The Labute approximate surface area is 150 Å². The van der Waals surface area contributed by atoms with Crippen LogP contribution in [-0.4, -0.2) is 43.7 Å². The van der Waals surface area contributed by atoms with Gasteiger partial charge in [0.05, 0.1) is 24.8 Å². The summed E-state index contributed by atoms with van der Waals surface area (Å²) in [6.45, 7) is 5.83. The van der Waals surface area contributed by atoms with Crippen LogP contribution < -0.4 is 4.74 Å². The van der Waals surface area contributed by atoms with Gasteiger partial charge >= 0.3 is 0 Å². The van der Waals surface area contributed by atoms with Crippen molar-refractivity contribution in [3.05, 3.63) is 41.5 Å². The van der Waals surface area contributed by atoms with E-state index in [4.69, 9.17) is 9.15 Å². The number of fused-ring (bicyclic) bond motifs is 1. The smallest absolute Gasteiger partial charge is 0.222 e. The van der Waals surface area contributed by atoms with Gasteiger partial charge in [0.2, 0.25) is 11.8 Å². The molecule has 0 amide bonds. The summed E-state index contributed by atoms with van der Waals surface area (Å²) in [7, 11) is 0. The number of aryl methyl sites for hydroxylation is 2. The number of aromatic nitrogens is 4. The second-order valence-electron chi connectivity index (χ2n) is 5.94. The molecular formula is C18H22N4O4. The highest BCUT2D eigenvalue weighted by atomic mass is 16.5. The molecule has 0 unspecified atom stereocenters. The van der Waals surface area contributed by atoms with E-state index in [9.17, 15) is 9.90 Å². The molecule has 3 heterocycles. The minimum Gasteiger partial charge on any atom is -0.490 e. The first-order valence-corrected chi connectivity index (χ1v) is 8.65. The van der Waals surface area contributed by atoms with Gasteiger partial charge in [-0.2, -0.15) is 0 Å². The Kier molecular flexibility index (Phi) is 5.32. The summed E-state index contributed by atoms with van der Waals surface area (Å²) in [5, 5.41) is 17.5. The van der Waals surface area contributed by atoms with E-state index in [1.54, 1.807) is 17.5 Å². The predicted octanol–water partition coefficient (Wildman–Crippen LogP) is 2.34. The van der Waals surface area contributed by atoms with Gasteiger partial charge in [-0.1, -0.05) is 6.92 Å². The van der Waals surface area contributed by atoms with Crippen molar-refractivity contribution in [3.63, 3.8) is 0 Å². The number of nitrogens with zero attached hydrogens (tertiary/aromatic N) is 4. The van der Waals surface area contributed by atoms with Crippen LogP contribution in [0.25, 0.3) is 5.65 Å². The molecule has 3 rings (SSSR count). The number of rotatable bonds is 8. The highest BCUT2D eigenvalue weighted by Gasteiger charge is 2.25. The number of ketones is 1. The molecule has 0 bridgehead atoms. The zero-order valence-corrected chi connectivity index (χ0v) is 15.1. The van der Waals surface area contributed by atoms with Crippen LogP contribution in [0.5, 0.6) is 5.75 Å². The summed E-state index contributed by atoms with van der Waals surface area (Å²) in [6.07, 6.45) is 2.43. The average molecular weight is 358 g/mol. The van der Waals surface area contributed by atoms with Crippen molar-refractivity contribution in [3.8, 4) is 5.75 Å². The van der Waals surface area contributed by atoms with Crippen LogP contribution in [-0.2, 0) is 6.42 Å². The maximum atomic E-state index is 12.9. The highest BCUT2D eigenvalue weighted by Crippen LogP contribution is 2.26. The zero-order valence-electron chi connectivity index (χ0n) is 15.1. The van der Waals surface area contributed by atoms with Crippen LogP contribution in [0.3, 0.4) is 0 Å². The predicted molar refractivity (Wildman–Crippen MR) is 93.5 cm³/mol. The van der Waals surface area contributed by atoms with E-state index in [0.717, 1.165) is 0 Å². The highest BCUT2D eigenvalue weighted by molar-refractivity contribution is 5.97. The Morgan fingerprint density at radius 3 is 2.85 bits per heavy atom. The molecule has 0 aliphatic carbocycles. The van der Waals surface area contributed by atoms with Gasteiger partial charge in [-0.25, -0.2) is 4.98 Å². The molecule has 0 aliphatic rings. The van der Waals surface area contributed by atoms with E-state index in [-0.39, 0.29) is 24.7 Å². The maximum Gasteiger partial charge on any atom is 0.222 e. The molecule has 0 spiro atoms. The first kappa shape index (κ1) is 18.1. The topological polar surface area (TPSA) is 103 Å². The van der Waals surface area contributed by atoms with E-state index in [2.05, 4.69) is 15.2 Å². The van der Waals surface area contributed by atoms with E-state index < -0.39 is 5.92 Å². The second-order valence-corrected chi connectivity index (χ2v) is 5.94. The molecule has 138 valence electrons. The lowest BCUT2D eigenvalue weighted by atomic mass is 10.0. The number of ether oxygens (including phenoxy) is 1. The maximum absolute atomic E-state index is 12.9. The fraction of sp³-hybridized carbons (Fsp3) is 0.444. The number of carbonyl (C=O) groups excluding carboxylic acids is 1. The Bertz CT molecular complexity index is 915. The number of pyridine rings is 1. The van der Waals surface area contributed by atoms with Crippen LogP contribution in [0.2, 0.25) is 0 Å². The minimum absolute atomic E-state index is 0.0509. The molecule has 0 saturated carbocycles. The van der Waals surface area contributed by atoms with E-state index in [1.165, 1.54) is 0 Å². The lowest BCUT2D eigenvalue weighted by molar-refractivity contribution is 0.0946. The lowest BCUT2D eigenvalue weighted by Crippen LogP contribution is -2.14. The van der Waals surface area contributed by atoms with E-state index in [0.29, 0.717) is 41.7 Å². The fourth-order valence-electron chi connectivity index (χ4n) is 2.89. The third-order valence-electron chi connectivity index (χ3n) is 4.14. The van der Waals surface area contributed by atoms with Crippen molar-refractivity contribution in [1.82, 2.24) is 19.6 Å². The minimum atomic E-state index is -0.546. The molecule has 8 heteroatoms. The van der Waals surface area contributed by atoms with Gasteiger partial charge in [-0.05, 0) is 26.0 Å². The molecule has 1 atom stereocenters. The van der Waals surface area contributed by atoms with Crippen LogP contribution in [0.1, 0.15) is 54.2 Å². The van der Waals surface area contributed by atoms with Gasteiger partial charge in [0.1, 0.15) is 5.69 Å². The van der Waals surface area contributed by atoms with Crippen molar-refractivity contribution in [1.29, 1.82) is 0 Å². The molecule has 3 aromatic rings. The normalized spacial score (nSPS) is 12.5. The molecule has 0 radical (unpaired) electrons. The Balaban J connectivity index is 1.91. The Morgan fingerprint density at radius 2 is 2.19 bits per heavy atom.